The van der Waals surface area contributed by atoms with Gasteiger partial charge in [-0.2, -0.15) is 10.1 Å². The van der Waals surface area contributed by atoms with Gasteiger partial charge in [0.15, 0.2) is 5.65 Å². The SMILES string of the molecule is Cn1c(C2CCNC2)nc2cnc(-n3ccc(-c4ccccc4)n3)nc21. The number of rotatable bonds is 3. The van der Waals surface area contributed by atoms with Crippen LogP contribution in [0.25, 0.3) is 28.4 Å². The van der Waals surface area contributed by atoms with E-state index in [0.29, 0.717) is 11.9 Å². The number of benzene rings is 1. The average molecular weight is 345 g/mol. The molecule has 0 radical (unpaired) electrons. The van der Waals surface area contributed by atoms with Crippen molar-refractivity contribution in [2.24, 2.45) is 7.05 Å². The van der Waals surface area contributed by atoms with Gasteiger partial charge in [0, 0.05) is 31.3 Å². The van der Waals surface area contributed by atoms with Crippen LogP contribution < -0.4 is 5.32 Å². The highest BCUT2D eigenvalue weighted by Gasteiger charge is 2.23. The van der Waals surface area contributed by atoms with E-state index in [-0.39, 0.29) is 0 Å². The summed E-state index contributed by atoms with van der Waals surface area (Å²) in [6.45, 7) is 2.01. The Morgan fingerprint density at radius 2 is 2.00 bits per heavy atom. The van der Waals surface area contributed by atoms with Crippen molar-refractivity contribution >= 4 is 11.2 Å². The number of hydrogen-bond donors (Lipinski definition) is 1. The highest BCUT2D eigenvalue weighted by molar-refractivity contribution is 5.71. The lowest BCUT2D eigenvalue weighted by Crippen LogP contribution is -2.11. The maximum absolute atomic E-state index is 4.75. The molecule has 1 N–H and O–H groups in total. The van der Waals surface area contributed by atoms with Crippen molar-refractivity contribution in [2.45, 2.75) is 12.3 Å². The molecule has 1 aromatic carbocycles. The molecule has 26 heavy (non-hydrogen) atoms. The minimum atomic E-state index is 0.437. The summed E-state index contributed by atoms with van der Waals surface area (Å²) in [5.41, 5.74) is 3.64. The van der Waals surface area contributed by atoms with Crippen molar-refractivity contribution in [2.75, 3.05) is 13.1 Å². The predicted molar refractivity (Wildman–Crippen MR) is 99.1 cm³/mol. The molecule has 1 fully saturated rings. The Morgan fingerprint density at radius 3 is 2.81 bits per heavy atom. The normalized spacial score (nSPS) is 17.2. The number of aryl methyl sites for hydroxylation is 1. The predicted octanol–water partition coefficient (Wildman–Crippen LogP) is 2.29. The summed E-state index contributed by atoms with van der Waals surface area (Å²) in [6, 6.07) is 12.1. The van der Waals surface area contributed by atoms with E-state index in [9.17, 15) is 0 Å². The van der Waals surface area contributed by atoms with E-state index >= 15 is 0 Å². The number of imidazole rings is 1. The summed E-state index contributed by atoms with van der Waals surface area (Å²) in [6.07, 6.45) is 4.78. The fraction of sp³-hybridized carbons (Fsp3) is 0.263. The first-order valence-electron chi connectivity index (χ1n) is 8.81. The van der Waals surface area contributed by atoms with Crippen LogP contribution in [-0.2, 0) is 7.05 Å². The molecule has 0 aliphatic carbocycles. The Balaban J connectivity index is 1.54. The van der Waals surface area contributed by atoms with Crippen LogP contribution in [-0.4, -0.2) is 42.4 Å². The van der Waals surface area contributed by atoms with E-state index in [1.165, 1.54) is 0 Å². The Kier molecular flexibility index (Phi) is 3.53. The highest BCUT2D eigenvalue weighted by atomic mass is 15.3. The van der Waals surface area contributed by atoms with Crippen molar-refractivity contribution in [3.63, 3.8) is 0 Å². The Labute approximate surface area is 150 Å². The monoisotopic (exact) mass is 345 g/mol. The molecule has 0 spiro atoms. The van der Waals surface area contributed by atoms with Crippen LogP contribution in [0.5, 0.6) is 0 Å². The van der Waals surface area contributed by atoms with Crippen molar-refractivity contribution in [1.29, 1.82) is 0 Å². The molecule has 1 saturated heterocycles. The second-order valence-electron chi connectivity index (χ2n) is 6.61. The number of fused-ring (bicyclic) bond motifs is 1. The van der Waals surface area contributed by atoms with E-state index in [2.05, 4.69) is 20.0 Å². The van der Waals surface area contributed by atoms with Crippen LogP contribution in [0.3, 0.4) is 0 Å². The van der Waals surface area contributed by atoms with E-state index in [4.69, 9.17) is 9.97 Å². The molecule has 5 rings (SSSR count). The maximum Gasteiger partial charge on any atom is 0.252 e. The molecule has 0 saturated carbocycles. The smallest absolute Gasteiger partial charge is 0.252 e. The topological polar surface area (TPSA) is 73.5 Å². The lowest BCUT2D eigenvalue weighted by atomic mass is 10.1. The number of hydrogen-bond acceptors (Lipinski definition) is 5. The van der Waals surface area contributed by atoms with Gasteiger partial charge in [0.05, 0.1) is 11.9 Å². The summed E-state index contributed by atoms with van der Waals surface area (Å²) >= 11 is 0. The lowest BCUT2D eigenvalue weighted by Gasteiger charge is -2.07. The van der Waals surface area contributed by atoms with Crippen LogP contribution in [0.2, 0.25) is 0 Å². The van der Waals surface area contributed by atoms with Crippen LogP contribution in [0, 0.1) is 0 Å². The third-order valence-corrected chi connectivity index (χ3v) is 4.92. The van der Waals surface area contributed by atoms with Gasteiger partial charge in [-0.25, -0.2) is 14.6 Å². The summed E-state index contributed by atoms with van der Waals surface area (Å²) in [4.78, 5) is 13.9. The first kappa shape index (κ1) is 15.2. The van der Waals surface area contributed by atoms with Gasteiger partial charge in [-0.15, -0.1) is 0 Å². The van der Waals surface area contributed by atoms with E-state index in [1.54, 1.807) is 10.9 Å². The van der Waals surface area contributed by atoms with Crippen molar-refractivity contribution < 1.29 is 0 Å². The molecule has 130 valence electrons. The van der Waals surface area contributed by atoms with Gasteiger partial charge in [-0.1, -0.05) is 30.3 Å². The molecule has 4 aromatic rings. The summed E-state index contributed by atoms with van der Waals surface area (Å²) in [5.74, 6) is 2.06. The molecule has 1 unspecified atom stereocenters. The minimum Gasteiger partial charge on any atom is -0.316 e. The van der Waals surface area contributed by atoms with Crippen molar-refractivity contribution in [3.05, 3.63) is 54.6 Å². The minimum absolute atomic E-state index is 0.437. The number of nitrogens with one attached hydrogen (secondary N) is 1. The van der Waals surface area contributed by atoms with Crippen LogP contribution in [0.4, 0.5) is 0 Å². The molecule has 4 heterocycles. The van der Waals surface area contributed by atoms with E-state index in [1.807, 2.05) is 49.6 Å². The second-order valence-corrected chi connectivity index (χ2v) is 6.61. The molecule has 7 nitrogen and oxygen atoms in total. The fourth-order valence-electron chi connectivity index (χ4n) is 3.54. The third kappa shape index (κ3) is 2.48. The number of aromatic nitrogens is 6. The average Bonchev–Trinajstić information content (AvgIpc) is 3.43. The van der Waals surface area contributed by atoms with E-state index in [0.717, 1.165) is 47.8 Å². The first-order valence-corrected chi connectivity index (χ1v) is 8.81. The molecular weight excluding hydrogens is 326 g/mol. The maximum atomic E-state index is 4.75. The molecule has 3 aromatic heterocycles. The zero-order chi connectivity index (χ0) is 17.5. The standard InChI is InChI=1S/C19H19N7/c1-25-17(14-7-9-20-11-14)22-16-12-21-19(23-18(16)25)26-10-8-15(24-26)13-5-3-2-4-6-13/h2-6,8,10,12,14,20H,7,9,11H2,1H3. The second kappa shape index (κ2) is 6.03. The lowest BCUT2D eigenvalue weighted by molar-refractivity contribution is 0.665. The summed E-state index contributed by atoms with van der Waals surface area (Å²) in [7, 11) is 2.03. The zero-order valence-corrected chi connectivity index (χ0v) is 14.5. The van der Waals surface area contributed by atoms with Gasteiger partial charge in [0.2, 0.25) is 0 Å². The summed E-state index contributed by atoms with van der Waals surface area (Å²) in [5, 5.41) is 8.02. The first-order chi connectivity index (χ1) is 12.8. The highest BCUT2D eigenvalue weighted by Crippen LogP contribution is 2.24. The molecule has 1 aliphatic rings. The molecule has 1 aliphatic heterocycles. The molecule has 0 bridgehead atoms. The molecule has 0 amide bonds. The molecular formula is C19H19N7. The van der Waals surface area contributed by atoms with Gasteiger partial charge in [0.1, 0.15) is 11.3 Å². The van der Waals surface area contributed by atoms with Gasteiger partial charge < -0.3 is 9.88 Å². The van der Waals surface area contributed by atoms with E-state index < -0.39 is 0 Å². The van der Waals surface area contributed by atoms with Crippen molar-refractivity contribution in [3.8, 4) is 17.2 Å². The van der Waals surface area contributed by atoms with Crippen LogP contribution >= 0.6 is 0 Å². The van der Waals surface area contributed by atoms with Gasteiger partial charge in [0.25, 0.3) is 5.95 Å². The largest absolute Gasteiger partial charge is 0.316 e. The van der Waals surface area contributed by atoms with Gasteiger partial charge in [-0.05, 0) is 19.0 Å². The Morgan fingerprint density at radius 1 is 1.12 bits per heavy atom. The fourth-order valence-corrected chi connectivity index (χ4v) is 3.54. The van der Waals surface area contributed by atoms with Crippen LogP contribution in [0.15, 0.2) is 48.8 Å². The summed E-state index contributed by atoms with van der Waals surface area (Å²) < 4.78 is 3.80. The Bertz CT molecular complexity index is 1060. The van der Waals surface area contributed by atoms with Crippen molar-refractivity contribution in [1.82, 2.24) is 34.6 Å². The zero-order valence-electron chi connectivity index (χ0n) is 14.5. The number of nitrogens with zero attached hydrogens (tertiary/aromatic N) is 6. The molecule has 7 heteroatoms. The quantitative estimate of drug-likeness (QED) is 0.617. The van der Waals surface area contributed by atoms with Crippen LogP contribution in [0.1, 0.15) is 18.2 Å². The van der Waals surface area contributed by atoms with Gasteiger partial charge >= 0.3 is 0 Å². The van der Waals surface area contributed by atoms with Gasteiger partial charge in [-0.3, -0.25) is 0 Å². The Hall–Kier alpha value is -3.06. The molecule has 1 atom stereocenters. The third-order valence-electron chi connectivity index (χ3n) is 4.92.